The fourth-order valence-corrected chi connectivity index (χ4v) is 3.85. The van der Waals surface area contributed by atoms with Crippen LogP contribution in [0.1, 0.15) is 23.7 Å². The third kappa shape index (κ3) is 4.28. The number of nitrogens with zero attached hydrogens (tertiary/aromatic N) is 3. The first-order valence-corrected chi connectivity index (χ1v) is 10.3. The average Bonchev–Trinajstić information content (AvgIpc) is 3.01. The molecular weight excluding hydrogens is 388 g/mol. The van der Waals surface area contributed by atoms with Crippen LogP contribution in [0.4, 0.5) is 5.69 Å². The fraction of sp³-hybridized carbons (Fsp3) is 0.240. The molecule has 1 unspecified atom stereocenters. The summed E-state index contributed by atoms with van der Waals surface area (Å²) in [7, 11) is 1.86. The smallest absolute Gasteiger partial charge is 0.265 e. The van der Waals surface area contributed by atoms with Crippen LogP contribution in [0.2, 0.25) is 0 Å². The summed E-state index contributed by atoms with van der Waals surface area (Å²) in [6, 6.07) is 17.9. The summed E-state index contributed by atoms with van der Waals surface area (Å²) in [5.74, 6) is 0.159. The minimum atomic E-state index is -0.719. The predicted octanol–water partition coefficient (Wildman–Crippen LogP) is 4.97. The minimum Gasteiger partial charge on any atom is -0.464 e. The van der Waals surface area contributed by atoms with E-state index in [0.29, 0.717) is 5.88 Å². The summed E-state index contributed by atoms with van der Waals surface area (Å²) < 4.78 is 7.72. The molecule has 2 heterocycles. The summed E-state index contributed by atoms with van der Waals surface area (Å²) in [6.07, 6.45) is -0.719. The van der Waals surface area contributed by atoms with Gasteiger partial charge in [0.2, 0.25) is 5.88 Å². The highest BCUT2D eigenvalue weighted by molar-refractivity contribution is 5.96. The van der Waals surface area contributed by atoms with Gasteiger partial charge >= 0.3 is 0 Å². The first-order valence-electron chi connectivity index (χ1n) is 10.3. The van der Waals surface area contributed by atoms with Gasteiger partial charge in [-0.15, -0.1) is 0 Å². The molecule has 31 heavy (non-hydrogen) atoms. The lowest BCUT2D eigenvalue weighted by atomic mass is 10.0. The molecular formula is C25H26N4O2. The molecule has 4 aromatic rings. The monoisotopic (exact) mass is 414 g/mol. The number of carbonyl (C=O) groups is 1. The maximum absolute atomic E-state index is 12.7. The van der Waals surface area contributed by atoms with Crippen LogP contribution >= 0.6 is 0 Å². The molecule has 1 atom stereocenters. The summed E-state index contributed by atoms with van der Waals surface area (Å²) in [6.45, 7) is 7.70. The Kier molecular flexibility index (Phi) is 5.46. The molecule has 2 aromatic carbocycles. The van der Waals surface area contributed by atoms with Gasteiger partial charge < -0.3 is 10.1 Å². The van der Waals surface area contributed by atoms with Crippen molar-refractivity contribution >= 4 is 22.6 Å². The van der Waals surface area contributed by atoms with Gasteiger partial charge in [-0.25, -0.2) is 0 Å². The van der Waals surface area contributed by atoms with E-state index in [1.165, 1.54) is 0 Å². The third-order valence-corrected chi connectivity index (χ3v) is 5.19. The number of carbonyl (C=O) groups excluding carboxylic acids is 1. The summed E-state index contributed by atoms with van der Waals surface area (Å²) >= 11 is 0. The molecule has 4 rings (SSSR count). The highest BCUT2D eigenvalue weighted by atomic mass is 16.5. The Morgan fingerprint density at radius 2 is 1.71 bits per heavy atom. The van der Waals surface area contributed by atoms with Gasteiger partial charge in [0.15, 0.2) is 11.8 Å². The van der Waals surface area contributed by atoms with Crippen molar-refractivity contribution in [3.63, 3.8) is 0 Å². The number of hydrogen-bond acceptors (Lipinski definition) is 4. The lowest BCUT2D eigenvalue weighted by Crippen LogP contribution is -2.30. The van der Waals surface area contributed by atoms with Crippen LogP contribution in [0.25, 0.3) is 22.2 Å². The van der Waals surface area contributed by atoms with E-state index < -0.39 is 6.10 Å². The number of pyridine rings is 1. The second-order valence-corrected chi connectivity index (χ2v) is 7.91. The quantitative estimate of drug-likeness (QED) is 0.501. The molecule has 0 spiro atoms. The van der Waals surface area contributed by atoms with E-state index >= 15 is 0 Å². The van der Waals surface area contributed by atoms with E-state index in [1.807, 2.05) is 76.3 Å². The maximum atomic E-state index is 12.7. The predicted molar refractivity (Wildman–Crippen MR) is 123 cm³/mol. The molecule has 0 aliphatic carbocycles. The van der Waals surface area contributed by atoms with Crippen LogP contribution in [0, 0.1) is 20.8 Å². The van der Waals surface area contributed by atoms with E-state index in [9.17, 15) is 4.79 Å². The number of aromatic nitrogens is 3. The highest BCUT2D eigenvalue weighted by Gasteiger charge is 2.20. The number of rotatable bonds is 5. The van der Waals surface area contributed by atoms with Crippen LogP contribution < -0.4 is 10.1 Å². The zero-order valence-corrected chi connectivity index (χ0v) is 18.4. The zero-order valence-electron chi connectivity index (χ0n) is 18.4. The number of amides is 1. The summed E-state index contributed by atoms with van der Waals surface area (Å²) in [5.41, 5.74) is 6.59. The molecule has 0 saturated carbocycles. The van der Waals surface area contributed by atoms with Crippen molar-refractivity contribution in [2.45, 2.75) is 33.8 Å². The molecule has 6 heteroatoms. The molecule has 158 valence electrons. The molecule has 0 aliphatic rings. The van der Waals surface area contributed by atoms with Crippen molar-refractivity contribution in [3.05, 3.63) is 71.4 Å². The van der Waals surface area contributed by atoms with Crippen molar-refractivity contribution in [2.75, 3.05) is 5.32 Å². The van der Waals surface area contributed by atoms with Crippen molar-refractivity contribution in [3.8, 4) is 17.0 Å². The number of ether oxygens (including phenoxy) is 1. The van der Waals surface area contributed by atoms with Crippen LogP contribution in [0.15, 0.2) is 54.6 Å². The Hall–Kier alpha value is -3.67. The molecule has 1 N–H and O–H groups in total. The Labute approximate surface area is 181 Å². The number of fused-ring (bicyclic) bond motifs is 1. The second kappa shape index (κ2) is 8.22. The van der Waals surface area contributed by atoms with Gasteiger partial charge in [-0.1, -0.05) is 36.4 Å². The van der Waals surface area contributed by atoms with Gasteiger partial charge in [-0.05, 0) is 62.1 Å². The SMILES string of the molecule is Cc1cc(C)cc(NC(=O)C(C)Oc2cc(-c3ccccc3)c3c(C)nn(C)c3n2)c1. The number of benzene rings is 2. The maximum Gasteiger partial charge on any atom is 0.265 e. The van der Waals surface area contributed by atoms with Gasteiger partial charge in [0.1, 0.15) is 0 Å². The Balaban J connectivity index is 1.65. The molecule has 0 fully saturated rings. The molecule has 0 bridgehead atoms. The zero-order chi connectivity index (χ0) is 22.1. The Bertz CT molecular complexity index is 1240. The lowest BCUT2D eigenvalue weighted by Gasteiger charge is -2.16. The molecule has 2 aromatic heterocycles. The first-order chi connectivity index (χ1) is 14.8. The van der Waals surface area contributed by atoms with Crippen LogP contribution in [-0.4, -0.2) is 26.8 Å². The van der Waals surface area contributed by atoms with E-state index in [0.717, 1.165) is 44.7 Å². The van der Waals surface area contributed by atoms with Crippen LogP contribution in [0.3, 0.4) is 0 Å². The highest BCUT2D eigenvalue weighted by Crippen LogP contribution is 2.33. The van der Waals surface area contributed by atoms with Crippen molar-refractivity contribution in [1.29, 1.82) is 0 Å². The van der Waals surface area contributed by atoms with Crippen molar-refractivity contribution in [2.24, 2.45) is 7.05 Å². The summed E-state index contributed by atoms with van der Waals surface area (Å²) in [5, 5.41) is 8.44. The van der Waals surface area contributed by atoms with Gasteiger partial charge in [0, 0.05) is 18.8 Å². The Morgan fingerprint density at radius 3 is 2.39 bits per heavy atom. The number of aryl methyl sites for hydroxylation is 4. The average molecular weight is 415 g/mol. The largest absolute Gasteiger partial charge is 0.464 e. The molecule has 1 amide bonds. The third-order valence-electron chi connectivity index (χ3n) is 5.19. The molecule has 0 radical (unpaired) electrons. The van der Waals surface area contributed by atoms with Crippen LogP contribution in [-0.2, 0) is 11.8 Å². The van der Waals surface area contributed by atoms with E-state index in [4.69, 9.17) is 4.74 Å². The van der Waals surface area contributed by atoms with Gasteiger partial charge in [0.25, 0.3) is 5.91 Å². The van der Waals surface area contributed by atoms with E-state index in [-0.39, 0.29) is 5.91 Å². The van der Waals surface area contributed by atoms with Crippen molar-refractivity contribution < 1.29 is 9.53 Å². The van der Waals surface area contributed by atoms with E-state index in [2.05, 4.69) is 21.5 Å². The van der Waals surface area contributed by atoms with Gasteiger partial charge in [-0.3, -0.25) is 9.48 Å². The molecule has 6 nitrogen and oxygen atoms in total. The standard InChI is InChI=1S/C25H26N4O2/c1-15-11-16(2)13-20(12-15)26-25(30)18(4)31-22-14-21(19-9-7-6-8-10-19)23-17(3)28-29(5)24(23)27-22/h6-14,18H,1-5H3,(H,26,30). The van der Waals surface area contributed by atoms with Gasteiger partial charge in [0.05, 0.1) is 11.1 Å². The number of nitrogens with one attached hydrogen (secondary N) is 1. The number of anilines is 1. The lowest BCUT2D eigenvalue weighted by molar-refractivity contribution is -0.122. The molecule has 0 saturated heterocycles. The first kappa shape index (κ1) is 20.6. The van der Waals surface area contributed by atoms with Crippen LogP contribution in [0.5, 0.6) is 5.88 Å². The Morgan fingerprint density at radius 1 is 1.03 bits per heavy atom. The minimum absolute atomic E-state index is 0.227. The second-order valence-electron chi connectivity index (χ2n) is 7.91. The fourth-order valence-electron chi connectivity index (χ4n) is 3.85. The van der Waals surface area contributed by atoms with E-state index in [1.54, 1.807) is 11.6 Å². The molecule has 0 aliphatic heterocycles. The van der Waals surface area contributed by atoms with Crippen molar-refractivity contribution in [1.82, 2.24) is 14.8 Å². The van der Waals surface area contributed by atoms with Gasteiger partial charge in [-0.2, -0.15) is 10.1 Å². The normalized spacial score (nSPS) is 12.0. The summed E-state index contributed by atoms with van der Waals surface area (Å²) in [4.78, 5) is 17.4. The number of hydrogen-bond donors (Lipinski definition) is 1. The topological polar surface area (TPSA) is 69.0 Å².